The molecule has 0 radical (unpaired) electrons. The summed E-state index contributed by atoms with van der Waals surface area (Å²) in [5.74, 6) is -0.389. The largest absolute Gasteiger partial charge is 0.396 e. The molecule has 0 spiro atoms. The van der Waals surface area contributed by atoms with Crippen LogP contribution >= 0.6 is 15.9 Å². The molecule has 0 aliphatic heterocycles. The molecule has 7 heteroatoms. The summed E-state index contributed by atoms with van der Waals surface area (Å²) in [6.07, 6.45) is 1.61. The number of aryl methyl sites for hydroxylation is 1. The highest BCUT2D eigenvalue weighted by Crippen LogP contribution is 2.24. The number of carbonyl (C=O) groups is 1. The Bertz CT molecular complexity index is 701. The van der Waals surface area contributed by atoms with Gasteiger partial charge in [-0.05, 0) is 41.1 Å². The van der Waals surface area contributed by atoms with Crippen LogP contribution in [0.4, 0.5) is 11.4 Å². The maximum Gasteiger partial charge on any atom is 0.278 e. The Hall–Kier alpha value is -2.33. The van der Waals surface area contributed by atoms with Gasteiger partial charge < -0.3 is 11.1 Å². The van der Waals surface area contributed by atoms with Crippen molar-refractivity contribution in [3.05, 3.63) is 40.1 Å². The quantitative estimate of drug-likeness (QED) is 0.900. The van der Waals surface area contributed by atoms with E-state index < -0.39 is 0 Å². The van der Waals surface area contributed by atoms with Crippen LogP contribution in [0.1, 0.15) is 23.0 Å². The Morgan fingerprint density at radius 3 is 2.90 bits per heavy atom. The lowest BCUT2D eigenvalue weighted by Gasteiger charge is -2.06. The van der Waals surface area contributed by atoms with Gasteiger partial charge in [-0.25, -0.2) is 0 Å². The molecule has 2 aromatic rings. The van der Waals surface area contributed by atoms with E-state index in [1.165, 1.54) is 0 Å². The lowest BCUT2D eigenvalue weighted by atomic mass is 10.2. The topological polar surface area (TPSA) is 96.7 Å². The van der Waals surface area contributed by atoms with Crippen LogP contribution in [0.15, 0.2) is 28.9 Å². The first-order valence-electron chi connectivity index (χ1n) is 5.89. The number of nitriles is 1. The predicted molar refractivity (Wildman–Crippen MR) is 79.1 cm³/mol. The lowest BCUT2D eigenvalue weighted by molar-refractivity contribution is 0.102. The fraction of sp³-hybridized carbons (Fsp3) is 0.154. The van der Waals surface area contributed by atoms with E-state index >= 15 is 0 Å². The van der Waals surface area contributed by atoms with E-state index in [-0.39, 0.29) is 11.6 Å². The van der Waals surface area contributed by atoms with Gasteiger partial charge in [0.1, 0.15) is 0 Å². The highest BCUT2D eigenvalue weighted by atomic mass is 79.9. The van der Waals surface area contributed by atoms with Crippen molar-refractivity contribution < 1.29 is 4.79 Å². The maximum atomic E-state index is 12.1. The van der Waals surface area contributed by atoms with Crippen molar-refractivity contribution in [3.8, 4) is 6.07 Å². The number of amides is 1. The predicted octanol–water partition coefficient (Wildman–Crippen LogP) is 2.37. The fourth-order valence-corrected chi connectivity index (χ4v) is 2.12. The van der Waals surface area contributed by atoms with Crippen LogP contribution < -0.4 is 11.1 Å². The van der Waals surface area contributed by atoms with Gasteiger partial charge in [-0.3, -0.25) is 9.48 Å². The molecule has 0 saturated heterocycles. The maximum absolute atomic E-state index is 12.1. The van der Waals surface area contributed by atoms with Crippen LogP contribution in [0, 0.1) is 11.3 Å². The molecule has 0 aliphatic rings. The zero-order valence-corrected chi connectivity index (χ0v) is 12.3. The molecule has 0 saturated carbocycles. The molecule has 0 unspecified atom stereocenters. The lowest BCUT2D eigenvalue weighted by Crippen LogP contribution is -2.15. The molecule has 1 aromatic carbocycles. The zero-order chi connectivity index (χ0) is 14.7. The van der Waals surface area contributed by atoms with Gasteiger partial charge in [-0.15, -0.1) is 0 Å². The first kappa shape index (κ1) is 14.1. The Morgan fingerprint density at radius 2 is 2.35 bits per heavy atom. The van der Waals surface area contributed by atoms with E-state index in [4.69, 9.17) is 11.0 Å². The van der Waals surface area contributed by atoms with Crippen LogP contribution in [0.3, 0.4) is 0 Å². The van der Waals surface area contributed by atoms with E-state index in [9.17, 15) is 4.79 Å². The molecule has 102 valence electrons. The second-order valence-electron chi connectivity index (χ2n) is 4.05. The second kappa shape index (κ2) is 5.75. The number of benzene rings is 1. The second-order valence-corrected chi connectivity index (χ2v) is 4.90. The number of hydrogen-bond acceptors (Lipinski definition) is 4. The number of anilines is 2. The molecule has 0 fully saturated rings. The van der Waals surface area contributed by atoms with Gasteiger partial charge >= 0.3 is 0 Å². The standard InChI is InChI=1S/C13H12BrN5O/c1-2-19-7-10(16)12(18-19)13(20)17-11-4-3-8(6-15)5-9(11)14/h3-5,7H,2,16H2,1H3,(H,17,20). The summed E-state index contributed by atoms with van der Waals surface area (Å²) in [6.45, 7) is 2.55. The summed E-state index contributed by atoms with van der Waals surface area (Å²) in [5, 5.41) is 15.6. The van der Waals surface area contributed by atoms with Gasteiger partial charge in [0.05, 0.1) is 23.0 Å². The molecule has 1 amide bonds. The number of halogens is 1. The highest BCUT2D eigenvalue weighted by molar-refractivity contribution is 9.10. The molecule has 6 nitrogen and oxygen atoms in total. The molecular weight excluding hydrogens is 322 g/mol. The molecule has 0 aliphatic carbocycles. The minimum atomic E-state index is -0.389. The molecular formula is C13H12BrN5O. The average molecular weight is 334 g/mol. The number of nitrogens with zero attached hydrogens (tertiary/aromatic N) is 3. The van der Waals surface area contributed by atoms with E-state index in [1.807, 2.05) is 13.0 Å². The van der Waals surface area contributed by atoms with Gasteiger partial charge in [0, 0.05) is 17.2 Å². The third-order valence-electron chi connectivity index (χ3n) is 2.68. The molecule has 20 heavy (non-hydrogen) atoms. The third kappa shape index (κ3) is 2.81. The van der Waals surface area contributed by atoms with Crippen molar-refractivity contribution in [1.29, 1.82) is 5.26 Å². The number of hydrogen-bond donors (Lipinski definition) is 2. The van der Waals surface area contributed by atoms with Crippen LogP contribution in [-0.2, 0) is 6.54 Å². The van der Waals surface area contributed by atoms with Crippen molar-refractivity contribution in [3.63, 3.8) is 0 Å². The molecule has 1 aromatic heterocycles. The highest BCUT2D eigenvalue weighted by Gasteiger charge is 2.15. The van der Waals surface area contributed by atoms with Crippen molar-refractivity contribution in [1.82, 2.24) is 9.78 Å². The van der Waals surface area contributed by atoms with E-state index in [0.717, 1.165) is 0 Å². The number of nitrogens with one attached hydrogen (secondary N) is 1. The van der Waals surface area contributed by atoms with Gasteiger partial charge in [0.25, 0.3) is 5.91 Å². The summed E-state index contributed by atoms with van der Waals surface area (Å²) in [7, 11) is 0. The minimum Gasteiger partial charge on any atom is -0.396 e. The normalized spacial score (nSPS) is 10.1. The average Bonchev–Trinajstić information content (AvgIpc) is 2.82. The summed E-state index contributed by atoms with van der Waals surface area (Å²) in [6, 6.07) is 6.92. The van der Waals surface area contributed by atoms with Crippen LogP contribution in [-0.4, -0.2) is 15.7 Å². The van der Waals surface area contributed by atoms with Crippen molar-refractivity contribution in [2.45, 2.75) is 13.5 Å². The van der Waals surface area contributed by atoms with Crippen molar-refractivity contribution in [2.24, 2.45) is 0 Å². The molecule has 0 bridgehead atoms. The van der Waals surface area contributed by atoms with Gasteiger partial charge in [0.2, 0.25) is 0 Å². The number of carbonyl (C=O) groups excluding carboxylic acids is 1. The monoisotopic (exact) mass is 333 g/mol. The van der Waals surface area contributed by atoms with Crippen molar-refractivity contribution in [2.75, 3.05) is 11.1 Å². The minimum absolute atomic E-state index is 0.183. The summed E-state index contributed by atoms with van der Waals surface area (Å²) < 4.78 is 2.22. The van der Waals surface area contributed by atoms with E-state index in [0.29, 0.717) is 28.0 Å². The SMILES string of the molecule is CCn1cc(N)c(C(=O)Nc2ccc(C#N)cc2Br)n1. The molecule has 0 atom stereocenters. The Kier molecular flexibility index (Phi) is 4.05. The fourth-order valence-electron chi connectivity index (χ4n) is 1.64. The van der Waals surface area contributed by atoms with Crippen LogP contribution in [0.2, 0.25) is 0 Å². The molecule has 3 N–H and O–H groups in total. The number of rotatable bonds is 3. The Labute approximate surface area is 124 Å². The Morgan fingerprint density at radius 1 is 1.60 bits per heavy atom. The first-order chi connectivity index (χ1) is 9.55. The van der Waals surface area contributed by atoms with Crippen LogP contribution in [0.25, 0.3) is 0 Å². The third-order valence-corrected chi connectivity index (χ3v) is 3.33. The van der Waals surface area contributed by atoms with Gasteiger partial charge in [0.15, 0.2) is 5.69 Å². The van der Waals surface area contributed by atoms with E-state index in [2.05, 4.69) is 26.3 Å². The zero-order valence-electron chi connectivity index (χ0n) is 10.7. The first-order valence-corrected chi connectivity index (χ1v) is 6.68. The Balaban J connectivity index is 2.23. The number of nitrogen functional groups attached to an aromatic ring is 1. The van der Waals surface area contributed by atoms with Gasteiger partial charge in [-0.2, -0.15) is 10.4 Å². The number of aromatic nitrogens is 2. The molecule has 2 rings (SSSR count). The van der Waals surface area contributed by atoms with Crippen LogP contribution in [0.5, 0.6) is 0 Å². The summed E-state index contributed by atoms with van der Waals surface area (Å²) in [5.41, 5.74) is 7.33. The van der Waals surface area contributed by atoms with E-state index in [1.54, 1.807) is 29.1 Å². The molecule has 1 heterocycles. The van der Waals surface area contributed by atoms with Crippen molar-refractivity contribution >= 4 is 33.2 Å². The number of nitrogens with two attached hydrogens (primary N) is 1. The van der Waals surface area contributed by atoms with Gasteiger partial charge in [-0.1, -0.05) is 0 Å². The summed E-state index contributed by atoms with van der Waals surface area (Å²) in [4.78, 5) is 12.1. The smallest absolute Gasteiger partial charge is 0.278 e. The summed E-state index contributed by atoms with van der Waals surface area (Å²) >= 11 is 3.30.